The molecule has 9 heteroatoms. The maximum Gasteiger partial charge on any atom is 0.416 e. The summed E-state index contributed by atoms with van der Waals surface area (Å²) in [5.74, 6) is -0.0932. The van der Waals surface area contributed by atoms with Crippen LogP contribution in [0, 0.1) is 0 Å². The summed E-state index contributed by atoms with van der Waals surface area (Å²) in [4.78, 5) is 27.0. The Kier molecular flexibility index (Phi) is 7.91. The Balaban J connectivity index is 1.59. The molecule has 2 amide bonds. The summed E-state index contributed by atoms with van der Waals surface area (Å²) in [6.07, 6.45) is -4.39. The van der Waals surface area contributed by atoms with Gasteiger partial charge in [0.1, 0.15) is 5.75 Å². The van der Waals surface area contributed by atoms with Gasteiger partial charge in [-0.3, -0.25) is 14.5 Å². The molecule has 2 N–H and O–H groups in total. The third-order valence-electron chi connectivity index (χ3n) is 4.94. The number of methoxy groups -OCH3 is 1. The zero-order valence-electron chi connectivity index (χ0n) is 18.6. The van der Waals surface area contributed by atoms with Crippen LogP contribution in [0.3, 0.4) is 0 Å². The van der Waals surface area contributed by atoms with Crippen LogP contribution in [0.1, 0.15) is 21.5 Å². The fraction of sp³-hybridized carbons (Fsp3) is 0.200. The molecule has 178 valence electrons. The highest BCUT2D eigenvalue weighted by Gasteiger charge is 2.29. The Morgan fingerprint density at radius 1 is 0.912 bits per heavy atom. The number of carbonyl (C=O) groups excluding carboxylic acids is 2. The van der Waals surface area contributed by atoms with Gasteiger partial charge in [0.15, 0.2) is 0 Å². The van der Waals surface area contributed by atoms with Crippen LogP contribution in [0.25, 0.3) is 0 Å². The van der Waals surface area contributed by atoms with Gasteiger partial charge in [-0.1, -0.05) is 24.3 Å². The van der Waals surface area contributed by atoms with E-state index >= 15 is 0 Å². The number of hydrogen-bond donors (Lipinski definition) is 2. The molecule has 0 saturated heterocycles. The summed E-state index contributed by atoms with van der Waals surface area (Å²) >= 11 is 0. The second-order valence-corrected chi connectivity index (χ2v) is 7.64. The zero-order valence-corrected chi connectivity index (χ0v) is 18.6. The second-order valence-electron chi connectivity index (χ2n) is 7.64. The summed E-state index contributed by atoms with van der Waals surface area (Å²) < 4.78 is 43.2. The Bertz CT molecular complexity index is 1130. The minimum Gasteiger partial charge on any atom is -0.497 e. The van der Waals surface area contributed by atoms with Crippen molar-refractivity contribution in [1.82, 2.24) is 4.90 Å². The Morgan fingerprint density at radius 3 is 2.18 bits per heavy atom. The fourth-order valence-corrected chi connectivity index (χ4v) is 3.26. The molecule has 34 heavy (non-hydrogen) atoms. The van der Waals surface area contributed by atoms with Crippen molar-refractivity contribution in [3.05, 3.63) is 89.5 Å². The van der Waals surface area contributed by atoms with Crippen LogP contribution in [0.4, 0.5) is 24.5 Å². The van der Waals surface area contributed by atoms with Crippen molar-refractivity contribution in [2.45, 2.75) is 12.7 Å². The van der Waals surface area contributed by atoms with E-state index in [9.17, 15) is 22.8 Å². The number of likely N-dealkylation sites (N-methyl/N-ethyl adjacent to an activating group) is 1. The van der Waals surface area contributed by atoms with Gasteiger partial charge in [-0.15, -0.1) is 0 Å². The lowest BCUT2D eigenvalue weighted by atomic mass is 10.1. The SMILES string of the molecule is COc1ccc(NC(=O)c2ccccc2NC(=O)CN(C)Cc2ccc(C(F)(F)F)cc2)cc1. The first-order chi connectivity index (χ1) is 16.2. The van der Waals surface area contributed by atoms with Gasteiger partial charge in [0.25, 0.3) is 5.91 Å². The van der Waals surface area contributed by atoms with E-state index < -0.39 is 11.7 Å². The molecule has 0 saturated carbocycles. The summed E-state index contributed by atoms with van der Waals surface area (Å²) in [6, 6.07) is 18.2. The summed E-state index contributed by atoms with van der Waals surface area (Å²) in [5, 5.41) is 5.51. The minimum atomic E-state index is -4.39. The van der Waals surface area contributed by atoms with E-state index in [0.29, 0.717) is 22.7 Å². The van der Waals surface area contributed by atoms with Crippen LogP contribution in [-0.2, 0) is 17.5 Å². The predicted molar refractivity (Wildman–Crippen MR) is 124 cm³/mol. The number of benzene rings is 3. The molecule has 3 aromatic carbocycles. The average molecular weight is 471 g/mol. The standard InChI is InChI=1S/C25H24F3N3O3/c1-31(15-17-7-9-18(10-8-17)25(26,27)28)16-23(32)30-22-6-4-3-5-21(22)24(33)29-19-11-13-20(34-2)14-12-19/h3-14H,15-16H2,1-2H3,(H,29,33)(H,30,32). The third kappa shape index (κ3) is 6.82. The first kappa shape index (κ1) is 24.8. The molecule has 0 aliphatic rings. The normalized spacial score (nSPS) is 11.2. The number of para-hydroxylation sites is 1. The highest BCUT2D eigenvalue weighted by molar-refractivity contribution is 6.10. The van der Waals surface area contributed by atoms with Gasteiger partial charge in [-0.25, -0.2) is 0 Å². The molecule has 3 aromatic rings. The molecule has 0 heterocycles. The minimum absolute atomic E-state index is 0.0184. The topological polar surface area (TPSA) is 70.7 Å². The van der Waals surface area contributed by atoms with E-state index in [2.05, 4.69) is 10.6 Å². The first-order valence-electron chi connectivity index (χ1n) is 10.3. The Hall–Kier alpha value is -3.85. The van der Waals surface area contributed by atoms with Crippen LogP contribution in [0.15, 0.2) is 72.8 Å². The predicted octanol–water partition coefficient (Wildman–Crippen LogP) is 5.04. The number of halogens is 3. The molecule has 6 nitrogen and oxygen atoms in total. The zero-order chi connectivity index (χ0) is 24.7. The number of anilines is 2. The molecule has 0 atom stereocenters. The number of ether oxygens (including phenoxy) is 1. The van der Waals surface area contributed by atoms with Crippen molar-refractivity contribution < 1.29 is 27.5 Å². The summed E-state index contributed by atoms with van der Waals surface area (Å²) in [6.45, 7) is 0.264. The number of hydrogen-bond acceptors (Lipinski definition) is 4. The van der Waals surface area contributed by atoms with Gasteiger partial charge in [0.05, 0.1) is 30.5 Å². The van der Waals surface area contributed by atoms with E-state index in [0.717, 1.165) is 12.1 Å². The summed E-state index contributed by atoms with van der Waals surface area (Å²) in [5.41, 5.74) is 1.13. The molecular weight excluding hydrogens is 447 g/mol. The van der Waals surface area contributed by atoms with Crippen molar-refractivity contribution >= 4 is 23.2 Å². The van der Waals surface area contributed by atoms with Crippen LogP contribution in [0.5, 0.6) is 5.75 Å². The number of nitrogens with one attached hydrogen (secondary N) is 2. The molecule has 0 aromatic heterocycles. The number of carbonyl (C=O) groups is 2. The lowest BCUT2D eigenvalue weighted by Gasteiger charge is -2.18. The summed E-state index contributed by atoms with van der Waals surface area (Å²) in [7, 11) is 3.23. The lowest BCUT2D eigenvalue weighted by Crippen LogP contribution is -2.30. The molecule has 0 unspecified atom stereocenters. The molecule has 0 fully saturated rings. The Labute approximate surface area is 195 Å². The van der Waals surface area contributed by atoms with Gasteiger partial charge < -0.3 is 15.4 Å². The molecular formula is C25H24F3N3O3. The molecule has 0 bridgehead atoms. The van der Waals surface area contributed by atoms with Gasteiger partial charge in [-0.05, 0) is 61.1 Å². The molecule has 3 rings (SSSR count). The maximum atomic E-state index is 12.7. The van der Waals surface area contributed by atoms with Gasteiger partial charge in [-0.2, -0.15) is 13.2 Å². The molecule has 0 radical (unpaired) electrons. The van der Waals surface area contributed by atoms with Crippen LogP contribution >= 0.6 is 0 Å². The third-order valence-corrected chi connectivity index (χ3v) is 4.94. The van der Waals surface area contributed by atoms with Crippen molar-refractivity contribution in [2.75, 3.05) is 31.3 Å². The van der Waals surface area contributed by atoms with Crippen molar-refractivity contribution in [1.29, 1.82) is 0 Å². The van der Waals surface area contributed by atoms with E-state index in [4.69, 9.17) is 4.74 Å². The van der Waals surface area contributed by atoms with E-state index in [1.807, 2.05) is 0 Å². The van der Waals surface area contributed by atoms with Gasteiger partial charge in [0, 0.05) is 12.2 Å². The Morgan fingerprint density at radius 2 is 1.56 bits per heavy atom. The van der Waals surface area contributed by atoms with Crippen LogP contribution in [0.2, 0.25) is 0 Å². The van der Waals surface area contributed by atoms with Crippen LogP contribution < -0.4 is 15.4 Å². The number of nitrogens with zero attached hydrogens (tertiary/aromatic N) is 1. The highest BCUT2D eigenvalue weighted by atomic mass is 19.4. The largest absolute Gasteiger partial charge is 0.497 e. The quantitative estimate of drug-likeness (QED) is 0.483. The maximum absolute atomic E-state index is 12.7. The van der Waals surface area contributed by atoms with E-state index in [-0.39, 0.29) is 30.5 Å². The molecule has 0 aliphatic heterocycles. The smallest absolute Gasteiger partial charge is 0.416 e. The first-order valence-corrected chi connectivity index (χ1v) is 10.3. The van der Waals surface area contributed by atoms with Gasteiger partial charge in [0.2, 0.25) is 5.91 Å². The average Bonchev–Trinajstić information content (AvgIpc) is 2.79. The van der Waals surface area contributed by atoms with Crippen molar-refractivity contribution in [2.24, 2.45) is 0 Å². The lowest BCUT2D eigenvalue weighted by molar-refractivity contribution is -0.137. The van der Waals surface area contributed by atoms with E-state index in [1.54, 1.807) is 67.6 Å². The number of rotatable bonds is 8. The van der Waals surface area contributed by atoms with E-state index in [1.165, 1.54) is 12.1 Å². The molecule has 0 aliphatic carbocycles. The fourth-order valence-electron chi connectivity index (χ4n) is 3.26. The van der Waals surface area contributed by atoms with Crippen LogP contribution in [-0.4, -0.2) is 37.4 Å². The van der Waals surface area contributed by atoms with Crippen molar-refractivity contribution in [3.63, 3.8) is 0 Å². The molecule has 0 spiro atoms. The second kappa shape index (κ2) is 10.8. The number of alkyl halides is 3. The van der Waals surface area contributed by atoms with Crippen molar-refractivity contribution in [3.8, 4) is 5.75 Å². The van der Waals surface area contributed by atoms with Gasteiger partial charge >= 0.3 is 6.18 Å². The monoisotopic (exact) mass is 471 g/mol. The number of amides is 2. The highest BCUT2D eigenvalue weighted by Crippen LogP contribution is 2.29.